The van der Waals surface area contributed by atoms with Crippen molar-refractivity contribution in [3.8, 4) is 11.4 Å². The van der Waals surface area contributed by atoms with Gasteiger partial charge in [-0.05, 0) is 13.3 Å². The zero-order valence-corrected chi connectivity index (χ0v) is 15.5. The zero-order chi connectivity index (χ0) is 18.4. The molecule has 0 bridgehead atoms. The third kappa shape index (κ3) is 4.68. The van der Waals surface area contributed by atoms with Gasteiger partial charge in [0.1, 0.15) is 0 Å². The topological polar surface area (TPSA) is 74.5 Å². The van der Waals surface area contributed by atoms with Gasteiger partial charge in [0.15, 0.2) is 0 Å². The molecule has 0 spiro atoms. The Morgan fingerprint density at radius 2 is 1.96 bits per heavy atom. The summed E-state index contributed by atoms with van der Waals surface area (Å²) in [6.07, 6.45) is 0.964. The van der Waals surface area contributed by atoms with Gasteiger partial charge >= 0.3 is 0 Å². The first kappa shape index (κ1) is 18.5. The maximum absolute atomic E-state index is 11.8. The molecular formula is C19H27N5O2. The van der Waals surface area contributed by atoms with E-state index in [1.165, 1.54) is 0 Å². The number of carbonyl (C=O) groups excluding carboxylic acids is 1. The Bertz CT molecular complexity index is 695. The van der Waals surface area contributed by atoms with Crippen molar-refractivity contribution in [2.75, 3.05) is 39.3 Å². The molecule has 140 valence electrons. The number of rotatable bonds is 7. The van der Waals surface area contributed by atoms with Crippen molar-refractivity contribution < 1.29 is 9.32 Å². The van der Waals surface area contributed by atoms with E-state index in [0.29, 0.717) is 18.3 Å². The minimum atomic E-state index is 0.0658. The quantitative estimate of drug-likeness (QED) is 0.816. The molecule has 0 radical (unpaired) electrons. The molecule has 2 aromatic rings. The number of amides is 1. The first-order valence-electron chi connectivity index (χ1n) is 9.29. The van der Waals surface area contributed by atoms with Gasteiger partial charge in [0.2, 0.25) is 17.6 Å². The van der Waals surface area contributed by atoms with E-state index < -0.39 is 0 Å². The van der Waals surface area contributed by atoms with Crippen molar-refractivity contribution in [3.63, 3.8) is 0 Å². The summed E-state index contributed by atoms with van der Waals surface area (Å²) in [7, 11) is 0. The molecule has 0 saturated carbocycles. The lowest BCUT2D eigenvalue weighted by molar-refractivity contribution is -0.122. The van der Waals surface area contributed by atoms with Gasteiger partial charge in [0.25, 0.3) is 0 Å². The second-order valence-electron chi connectivity index (χ2n) is 6.66. The summed E-state index contributed by atoms with van der Waals surface area (Å²) in [6.45, 7) is 8.86. The highest BCUT2D eigenvalue weighted by Crippen LogP contribution is 2.23. The summed E-state index contributed by atoms with van der Waals surface area (Å²) in [4.78, 5) is 20.9. The summed E-state index contributed by atoms with van der Waals surface area (Å²) >= 11 is 0. The predicted octanol–water partition coefficient (Wildman–Crippen LogP) is 1.94. The van der Waals surface area contributed by atoms with E-state index in [1.54, 1.807) is 0 Å². The molecule has 1 aromatic carbocycles. The third-order valence-electron chi connectivity index (χ3n) is 4.73. The van der Waals surface area contributed by atoms with E-state index in [4.69, 9.17) is 4.52 Å². The maximum atomic E-state index is 11.8. The molecule has 26 heavy (non-hydrogen) atoms. The Balaban J connectivity index is 1.52. The van der Waals surface area contributed by atoms with Crippen LogP contribution in [0.1, 0.15) is 32.2 Å². The zero-order valence-electron chi connectivity index (χ0n) is 15.5. The molecule has 1 aliphatic rings. The molecule has 3 rings (SSSR count). The molecule has 7 heteroatoms. The molecule has 1 saturated heterocycles. The highest BCUT2D eigenvalue weighted by molar-refractivity contribution is 5.77. The molecule has 1 aliphatic heterocycles. The summed E-state index contributed by atoms with van der Waals surface area (Å²) in [5.41, 5.74) is 0.956. The van der Waals surface area contributed by atoms with Gasteiger partial charge in [-0.25, -0.2) is 0 Å². The summed E-state index contributed by atoms with van der Waals surface area (Å²) < 4.78 is 5.49. The SMILES string of the molecule is CCCNC(=O)CN1CCN(C(C)c2nc(-c3ccccc3)no2)CC1. The number of piperazine rings is 1. The van der Waals surface area contributed by atoms with Gasteiger partial charge in [-0.3, -0.25) is 14.6 Å². The van der Waals surface area contributed by atoms with Crippen LogP contribution in [0.25, 0.3) is 11.4 Å². The van der Waals surface area contributed by atoms with Crippen LogP contribution < -0.4 is 5.32 Å². The fourth-order valence-electron chi connectivity index (χ4n) is 3.10. The molecule has 0 aliphatic carbocycles. The second kappa shape index (κ2) is 8.91. The largest absolute Gasteiger partial charge is 0.355 e. The van der Waals surface area contributed by atoms with Crippen LogP contribution in [0.4, 0.5) is 0 Å². The first-order chi connectivity index (χ1) is 12.7. The Morgan fingerprint density at radius 3 is 2.65 bits per heavy atom. The van der Waals surface area contributed by atoms with E-state index in [2.05, 4.69) is 39.1 Å². The fraction of sp³-hybridized carbons (Fsp3) is 0.526. The molecule has 1 N–H and O–H groups in total. The van der Waals surface area contributed by atoms with Crippen molar-refractivity contribution in [1.82, 2.24) is 25.3 Å². The van der Waals surface area contributed by atoms with E-state index >= 15 is 0 Å². The normalized spacial score (nSPS) is 17.2. The number of hydrogen-bond donors (Lipinski definition) is 1. The van der Waals surface area contributed by atoms with Crippen LogP contribution in [0.3, 0.4) is 0 Å². The minimum Gasteiger partial charge on any atom is -0.355 e. The van der Waals surface area contributed by atoms with Gasteiger partial charge in [0, 0.05) is 38.3 Å². The lowest BCUT2D eigenvalue weighted by atomic mass is 10.2. The number of benzene rings is 1. The third-order valence-corrected chi connectivity index (χ3v) is 4.73. The molecule has 1 unspecified atom stereocenters. The van der Waals surface area contributed by atoms with Crippen molar-refractivity contribution in [1.29, 1.82) is 0 Å². The average Bonchev–Trinajstić information content (AvgIpc) is 3.17. The highest BCUT2D eigenvalue weighted by Gasteiger charge is 2.26. The summed E-state index contributed by atoms with van der Waals surface area (Å²) in [5.74, 6) is 1.37. The number of aromatic nitrogens is 2. The van der Waals surface area contributed by atoms with Crippen LogP contribution in [-0.2, 0) is 4.79 Å². The van der Waals surface area contributed by atoms with Crippen LogP contribution in [0.5, 0.6) is 0 Å². The number of nitrogens with zero attached hydrogens (tertiary/aromatic N) is 4. The van der Waals surface area contributed by atoms with Crippen LogP contribution in [0, 0.1) is 0 Å². The Hall–Kier alpha value is -2.25. The minimum absolute atomic E-state index is 0.0658. The van der Waals surface area contributed by atoms with Gasteiger partial charge in [0.05, 0.1) is 12.6 Å². The maximum Gasteiger partial charge on any atom is 0.244 e. The van der Waals surface area contributed by atoms with Crippen LogP contribution in [0.2, 0.25) is 0 Å². The Labute approximate surface area is 154 Å². The smallest absolute Gasteiger partial charge is 0.244 e. The average molecular weight is 357 g/mol. The van der Waals surface area contributed by atoms with Crippen LogP contribution in [-0.4, -0.2) is 65.1 Å². The van der Waals surface area contributed by atoms with E-state index in [1.807, 2.05) is 30.3 Å². The predicted molar refractivity (Wildman–Crippen MR) is 99.5 cm³/mol. The Kier molecular flexibility index (Phi) is 6.35. The lowest BCUT2D eigenvalue weighted by Gasteiger charge is -2.36. The molecule has 1 aromatic heterocycles. The standard InChI is InChI=1S/C19H27N5O2/c1-3-9-20-17(25)14-23-10-12-24(13-11-23)15(2)19-21-18(22-26-19)16-7-5-4-6-8-16/h4-8,15H,3,9-14H2,1-2H3,(H,20,25). The van der Waals surface area contributed by atoms with Crippen LogP contribution in [0.15, 0.2) is 34.9 Å². The second-order valence-corrected chi connectivity index (χ2v) is 6.66. The molecule has 7 nitrogen and oxygen atoms in total. The van der Waals surface area contributed by atoms with E-state index in [0.717, 1.165) is 44.7 Å². The van der Waals surface area contributed by atoms with Gasteiger partial charge in [-0.2, -0.15) is 4.98 Å². The molecule has 1 amide bonds. The van der Waals surface area contributed by atoms with Crippen molar-refractivity contribution >= 4 is 5.91 Å². The highest BCUT2D eigenvalue weighted by atomic mass is 16.5. The first-order valence-corrected chi connectivity index (χ1v) is 9.29. The number of hydrogen-bond acceptors (Lipinski definition) is 6. The fourth-order valence-corrected chi connectivity index (χ4v) is 3.10. The van der Waals surface area contributed by atoms with Crippen LogP contribution >= 0.6 is 0 Å². The number of nitrogens with one attached hydrogen (secondary N) is 1. The molecule has 1 fully saturated rings. The lowest BCUT2D eigenvalue weighted by Crippen LogP contribution is -2.50. The Morgan fingerprint density at radius 1 is 1.23 bits per heavy atom. The van der Waals surface area contributed by atoms with Gasteiger partial charge < -0.3 is 9.84 Å². The van der Waals surface area contributed by atoms with Crippen molar-refractivity contribution in [3.05, 3.63) is 36.2 Å². The molecule has 1 atom stereocenters. The molecule has 2 heterocycles. The van der Waals surface area contributed by atoms with Crippen molar-refractivity contribution in [2.24, 2.45) is 0 Å². The van der Waals surface area contributed by atoms with E-state index in [-0.39, 0.29) is 11.9 Å². The molecular weight excluding hydrogens is 330 g/mol. The van der Waals surface area contributed by atoms with Gasteiger partial charge in [-0.15, -0.1) is 0 Å². The van der Waals surface area contributed by atoms with E-state index in [9.17, 15) is 4.79 Å². The van der Waals surface area contributed by atoms with Gasteiger partial charge in [-0.1, -0.05) is 42.4 Å². The summed E-state index contributed by atoms with van der Waals surface area (Å²) in [5, 5.41) is 7.04. The monoisotopic (exact) mass is 357 g/mol. The van der Waals surface area contributed by atoms with Crippen molar-refractivity contribution in [2.45, 2.75) is 26.3 Å². The number of carbonyl (C=O) groups is 1. The summed E-state index contributed by atoms with van der Waals surface area (Å²) in [6, 6.07) is 9.91.